The van der Waals surface area contributed by atoms with Gasteiger partial charge in [0.15, 0.2) is 0 Å². The van der Waals surface area contributed by atoms with E-state index in [1.807, 2.05) is 66.7 Å². The molecule has 3 amide bonds. The first-order valence-corrected chi connectivity index (χ1v) is 10.9. The van der Waals surface area contributed by atoms with Crippen molar-refractivity contribution >= 4 is 17.9 Å². The summed E-state index contributed by atoms with van der Waals surface area (Å²) in [5, 5.41) is 14.7. The van der Waals surface area contributed by atoms with E-state index in [0.29, 0.717) is 0 Å². The molecule has 8 heteroatoms. The average molecular weight is 460 g/mol. The Hall–Kier alpha value is -4.17. The molecule has 3 aromatic carbocycles. The molecule has 0 radical (unpaired) electrons. The van der Waals surface area contributed by atoms with Crippen LogP contribution in [0.5, 0.6) is 0 Å². The normalized spacial score (nSPS) is 13.8. The number of primary amides is 1. The van der Waals surface area contributed by atoms with Gasteiger partial charge in [0.05, 0.1) is 6.61 Å². The predicted octanol–water partition coefficient (Wildman–Crippen LogP) is 2.06. The summed E-state index contributed by atoms with van der Waals surface area (Å²) < 4.78 is 5.12. The Morgan fingerprint density at radius 3 is 1.97 bits per heavy atom. The lowest BCUT2D eigenvalue weighted by molar-refractivity contribution is -0.129. The van der Waals surface area contributed by atoms with E-state index in [2.05, 4.69) is 10.6 Å². The highest BCUT2D eigenvalue weighted by Gasteiger charge is 2.38. The van der Waals surface area contributed by atoms with Gasteiger partial charge in [-0.05, 0) is 27.8 Å². The third-order valence-electron chi connectivity index (χ3n) is 5.82. The molecule has 8 nitrogen and oxygen atoms in total. The minimum Gasteiger partial charge on any atom is -0.445 e. The first-order valence-electron chi connectivity index (χ1n) is 10.9. The summed E-state index contributed by atoms with van der Waals surface area (Å²) in [4.78, 5) is 37.6. The third-order valence-corrected chi connectivity index (χ3v) is 5.82. The van der Waals surface area contributed by atoms with Crippen molar-refractivity contribution in [2.45, 2.75) is 24.6 Å². The van der Waals surface area contributed by atoms with Crippen LogP contribution in [0.3, 0.4) is 0 Å². The number of aliphatic hydroxyl groups excluding tert-OH is 1. The number of carbonyl (C=O) groups is 3. The van der Waals surface area contributed by atoms with Crippen LogP contribution in [0.1, 0.15) is 22.6 Å². The van der Waals surface area contributed by atoms with E-state index in [-0.39, 0.29) is 6.61 Å². The third kappa shape index (κ3) is 4.77. The SMILES string of the molecule is NC(=O)[C@@H](NC(=O)[C@H](CO)NC(=O)OCc1ccccc1)C1c2ccccc2-c2ccccc21. The molecule has 2 atom stereocenters. The Labute approximate surface area is 196 Å². The second-order valence-electron chi connectivity index (χ2n) is 7.98. The van der Waals surface area contributed by atoms with Crippen LogP contribution in [0.2, 0.25) is 0 Å². The van der Waals surface area contributed by atoms with Crippen LogP contribution in [-0.2, 0) is 20.9 Å². The van der Waals surface area contributed by atoms with Gasteiger partial charge in [-0.15, -0.1) is 0 Å². The molecule has 0 aliphatic heterocycles. The monoisotopic (exact) mass is 459 g/mol. The second kappa shape index (κ2) is 10.2. The topological polar surface area (TPSA) is 131 Å². The molecule has 3 aromatic rings. The van der Waals surface area contributed by atoms with E-state index < -0.39 is 42.5 Å². The summed E-state index contributed by atoms with van der Waals surface area (Å²) in [6, 6.07) is 21.8. The molecule has 0 saturated carbocycles. The number of fused-ring (bicyclic) bond motifs is 3. The van der Waals surface area contributed by atoms with Gasteiger partial charge in [0.1, 0.15) is 18.7 Å². The summed E-state index contributed by atoms with van der Waals surface area (Å²) in [5.41, 5.74) is 10.1. The number of hydrogen-bond acceptors (Lipinski definition) is 5. The fourth-order valence-electron chi connectivity index (χ4n) is 4.23. The fraction of sp³-hybridized carbons (Fsp3) is 0.192. The zero-order valence-corrected chi connectivity index (χ0v) is 18.3. The lowest BCUT2D eigenvalue weighted by Gasteiger charge is -2.26. The minimum absolute atomic E-state index is 0.00595. The van der Waals surface area contributed by atoms with Crippen LogP contribution in [0.25, 0.3) is 11.1 Å². The number of rotatable bonds is 8. The highest BCUT2D eigenvalue weighted by atomic mass is 16.5. The molecule has 1 aliphatic carbocycles. The van der Waals surface area contributed by atoms with Crippen LogP contribution in [0.15, 0.2) is 78.9 Å². The average Bonchev–Trinajstić information content (AvgIpc) is 3.19. The van der Waals surface area contributed by atoms with Crippen molar-refractivity contribution in [3.8, 4) is 11.1 Å². The van der Waals surface area contributed by atoms with E-state index in [1.54, 1.807) is 12.1 Å². The quantitative estimate of drug-likeness (QED) is 0.410. The van der Waals surface area contributed by atoms with E-state index in [1.165, 1.54) is 0 Å². The van der Waals surface area contributed by atoms with Crippen molar-refractivity contribution in [3.05, 3.63) is 95.6 Å². The van der Waals surface area contributed by atoms with Crippen LogP contribution >= 0.6 is 0 Å². The molecule has 0 saturated heterocycles. The van der Waals surface area contributed by atoms with E-state index in [4.69, 9.17) is 10.5 Å². The molecule has 174 valence electrons. The summed E-state index contributed by atoms with van der Waals surface area (Å²) >= 11 is 0. The minimum atomic E-state index is -1.32. The molecule has 0 unspecified atom stereocenters. The zero-order chi connectivity index (χ0) is 24.1. The van der Waals surface area contributed by atoms with E-state index in [9.17, 15) is 19.5 Å². The Morgan fingerprint density at radius 1 is 0.853 bits per heavy atom. The molecular weight excluding hydrogens is 434 g/mol. The smallest absolute Gasteiger partial charge is 0.408 e. The Morgan fingerprint density at radius 2 is 1.41 bits per heavy atom. The first-order chi connectivity index (χ1) is 16.5. The number of benzene rings is 3. The Bertz CT molecular complexity index is 1150. The molecule has 1 aliphatic rings. The van der Waals surface area contributed by atoms with Gasteiger partial charge in [0.25, 0.3) is 0 Å². The molecule has 34 heavy (non-hydrogen) atoms. The lowest BCUT2D eigenvalue weighted by Crippen LogP contribution is -2.55. The molecule has 4 rings (SSSR count). The maximum Gasteiger partial charge on any atom is 0.408 e. The largest absolute Gasteiger partial charge is 0.445 e. The number of nitrogens with one attached hydrogen (secondary N) is 2. The summed E-state index contributed by atoms with van der Waals surface area (Å²) in [7, 11) is 0. The van der Waals surface area contributed by atoms with Gasteiger partial charge in [0, 0.05) is 5.92 Å². The summed E-state index contributed by atoms with van der Waals surface area (Å²) in [5.74, 6) is -1.98. The van der Waals surface area contributed by atoms with E-state index in [0.717, 1.165) is 27.8 Å². The number of alkyl carbamates (subject to hydrolysis) is 1. The standard InChI is InChI=1S/C26H25N3O5/c27-24(31)23(22-19-12-6-4-10-17(19)18-11-5-7-13-20(18)22)29-25(32)21(14-30)28-26(33)34-15-16-8-2-1-3-9-16/h1-13,21-23,30H,14-15H2,(H2,27,31)(H,28,33)(H,29,32)/t21-,23-/m0/s1. The molecular formula is C26H25N3O5. The highest BCUT2D eigenvalue weighted by molar-refractivity contribution is 5.93. The molecule has 0 spiro atoms. The van der Waals surface area contributed by atoms with Crippen molar-refractivity contribution in [2.75, 3.05) is 6.61 Å². The number of amides is 3. The van der Waals surface area contributed by atoms with E-state index >= 15 is 0 Å². The number of hydrogen-bond donors (Lipinski definition) is 4. The Balaban J connectivity index is 1.48. The molecule has 0 heterocycles. The summed E-state index contributed by atoms with van der Waals surface area (Å²) in [6.45, 7) is -0.679. The molecule has 0 bridgehead atoms. The highest BCUT2D eigenvalue weighted by Crippen LogP contribution is 2.46. The second-order valence-corrected chi connectivity index (χ2v) is 7.98. The molecule has 5 N–H and O–H groups in total. The maximum atomic E-state index is 12.9. The van der Waals surface area contributed by atoms with Crippen LogP contribution in [0, 0.1) is 0 Å². The van der Waals surface area contributed by atoms with Crippen molar-refractivity contribution in [1.29, 1.82) is 0 Å². The number of carbonyl (C=O) groups excluding carboxylic acids is 3. The van der Waals surface area contributed by atoms with Crippen molar-refractivity contribution < 1.29 is 24.2 Å². The Kier molecular flexibility index (Phi) is 6.89. The van der Waals surface area contributed by atoms with Crippen molar-refractivity contribution in [2.24, 2.45) is 5.73 Å². The van der Waals surface area contributed by atoms with Crippen LogP contribution < -0.4 is 16.4 Å². The lowest BCUT2D eigenvalue weighted by atomic mass is 9.88. The first kappa shape index (κ1) is 23.0. The predicted molar refractivity (Wildman–Crippen MR) is 125 cm³/mol. The number of aliphatic hydroxyl groups is 1. The fourth-order valence-corrected chi connectivity index (χ4v) is 4.23. The van der Waals surface area contributed by atoms with Crippen LogP contribution in [-0.4, -0.2) is 41.7 Å². The zero-order valence-electron chi connectivity index (χ0n) is 18.3. The van der Waals surface area contributed by atoms with Gasteiger partial charge < -0.3 is 26.2 Å². The summed E-state index contributed by atoms with van der Waals surface area (Å²) in [6.07, 6.45) is -0.870. The van der Waals surface area contributed by atoms with Gasteiger partial charge >= 0.3 is 6.09 Å². The maximum absolute atomic E-state index is 12.9. The number of nitrogens with two attached hydrogens (primary N) is 1. The van der Waals surface area contributed by atoms with Gasteiger partial charge in [-0.1, -0.05) is 78.9 Å². The van der Waals surface area contributed by atoms with Gasteiger partial charge in [-0.25, -0.2) is 4.79 Å². The molecule has 0 aromatic heterocycles. The molecule has 0 fully saturated rings. The van der Waals surface area contributed by atoms with Crippen LogP contribution in [0.4, 0.5) is 4.79 Å². The number of ether oxygens (including phenoxy) is 1. The van der Waals surface area contributed by atoms with Gasteiger partial charge in [-0.2, -0.15) is 0 Å². The van der Waals surface area contributed by atoms with Crippen molar-refractivity contribution in [3.63, 3.8) is 0 Å². The van der Waals surface area contributed by atoms with Gasteiger partial charge in [0.2, 0.25) is 11.8 Å². The van der Waals surface area contributed by atoms with Crippen molar-refractivity contribution in [1.82, 2.24) is 10.6 Å². The van der Waals surface area contributed by atoms with Gasteiger partial charge in [-0.3, -0.25) is 9.59 Å².